The van der Waals surface area contributed by atoms with Gasteiger partial charge in [-0.15, -0.1) is 0 Å². The maximum atomic E-state index is 3.60. The lowest BCUT2D eigenvalue weighted by molar-refractivity contribution is 0.307. The van der Waals surface area contributed by atoms with Crippen molar-refractivity contribution < 1.29 is 0 Å². The second-order valence-corrected chi connectivity index (χ2v) is 4.44. The van der Waals surface area contributed by atoms with Gasteiger partial charge in [0.05, 0.1) is 0 Å². The summed E-state index contributed by atoms with van der Waals surface area (Å²) in [6, 6.07) is 0.684. The molecule has 2 heteroatoms. The van der Waals surface area contributed by atoms with Crippen LogP contribution in [0.25, 0.3) is 0 Å². The topological polar surface area (TPSA) is 24.1 Å². The quantitative estimate of drug-likeness (QED) is 0.594. The van der Waals surface area contributed by atoms with E-state index in [1.807, 2.05) is 0 Å². The molecule has 1 aliphatic rings. The van der Waals surface area contributed by atoms with Crippen LogP contribution in [-0.4, -0.2) is 24.7 Å². The number of piperidine rings is 1. The van der Waals surface area contributed by atoms with Crippen molar-refractivity contribution >= 4 is 0 Å². The Morgan fingerprint density at radius 1 is 1.36 bits per heavy atom. The molecule has 2 nitrogen and oxygen atoms in total. The van der Waals surface area contributed by atoms with Crippen LogP contribution in [0.1, 0.15) is 33.6 Å². The third-order valence-corrected chi connectivity index (χ3v) is 1.93. The Hall–Kier alpha value is -0.0800. The Morgan fingerprint density at radius 3 is 2.55 bits per heavy atom. The van der Waals surface area contributed by atoms with Crippen LogP contribution in [-0.2, 0) is 0 Å². The van der Waals surface area contributed by atoms with E-state index in [1.165, 1.54) is 19.4 Å². The minimum absolute atomic E-state index is 0.268. The van der Waals surface area contributed by atoms with Gasteiger partial charge < -0.3 is 10.6 Å². The molecule has 66 valence electrons. The number of rotatable bonds is 1. The van der Waals surface area contributed by atoms with Crippen molar-refractivity contribution in [1.82, 2.24) is 10.6 Å². The zero-order valence-corrected chi connectivity index (χ0v) is 7.91. The molecule has 1 saturated heterocycles. The third kappa shape index (κ3) is 3.73. The molecule has 1 aliphatic heterocycles. The summed E-state index contributed by atoms with van der Waals surface area (Å²) >= 11 is 0. The van der Waals surface area contributed by atoms with Gasteiger partial charge in [-0.25, -0.2) is 0 Å². The minimum atomic E-state index is 0.268. The van der Waals surface area contributed by atoms with Gasteiger partial charge in [0.1, 0.15) is 0 Å². The maximum Gasteiger partial charge on any atom is 0.0197 e. The Kier molecular flexibility index (Phi) is 2.90. The maximum absolute atomic E-state index is 3.60. The van der Waals surface area contributed by atoms with E-state index in [9.17, 15) is 0 Å². The molecule has 0 amide bonds. The first-order chi connectivity index (χ1) is 5.08. The lowest BCUT2D eigenvalue weighted by Gasteiger charge is -2.31. The van der Waals surface area contributed by atoms with Crippen LogP contribution in [0.15, 0.2) is 0 Å². The predicted molar refractivity (Wildman–Crippen MR) is 48.8 cm³/mol. The summed E-state index contributed by atoms with van der Waals surface area (Å²) < 4.78 is 0. The van der Waals surface area contributed by atoms with E-state index in [4.69, 9.17) is 0 Å². The van der Waals surface area contributed by atoms with E-state index >= 15 is 0 Å². The lowest BCUT2D eigenvalue weighted by Crippen LogP contribution is -2.50. The molecule has 2 N–H and O–H groups in total. The highest BCUT2D eigenvalue weighted by atomic mass is 15.0. The first kappa shape index (κ1) is 9.01. The molecule has 0 spiro atoms. The number of hydrogen-bond acceptors (Lipinski definition) is 2. The molecule has 0 aromatic rings. The molecule has 1 heterocycles. The summed E-state index contributed by atoms with van der Waals surface area (Å²) in [7, 11) is 0. The van der Waals surface area contributed by atoms with Gasteiger partial charge in [-0.2, -0.15) is 0 Å². The largest absolute Gasteiger partial charge is 0.315 e. The Balaban J connectivity index is 2.24. The molecule has 11 heavy (non-hydrogen) atoms. The molecule has 1 rings (SSSR count). The van der Waals surface area contributed by atoms with Crippen molar-refractivity contribution in [1.29, 1.82) is 0 Å². The average molecular weight is 156 g/mol. The van der Waals surface area contributed by atoms with Gasteiger partial charge in [0.15, 0.2) is 0 Å². The Morgan fingerprint density at radius 2 is 2.09 bits per heavy atom. The minimum Gasteiger partial charge on any atom is -0.315 e. The van der Waals surface area contributed by atoms with Crippen LogP contribution in [0.4, 0.5) is 0 Å². The summed E-state index contributed by atoms with van der Waals surface area (Å²) in [5.74, 6) is 0. The van der Waals surface area contributed by atoms with Crippen LogP contribution < -0.4 is 10.6 Å². The van der Waals surface area contributed by atoms with E-state index in [2.05, 4.69) is 31.4 Å². The van der Waals surface area contributed by atoms with Crippen LogP contribution in [0.3, 0.4) is 0 Å². The first-order valence-corrected chi connectivity index (χ1v) is 4.56. The molecule has 0 aliphatic carbocycles. The molecule has 1 atom stereocenters. The summed E-state index contributed by atoms with van der Waals surface area (Å²) in [6.07, 6.45) is 2.64. The van der Waals surface area contributed by atoms with Crippen molar-refractivity contribution in [2.24, 2.45) is 0 Å². The molecule has 0 radical (unpaired) electrons. The van der Waals surface area contributed by atoms with E-state index in [-0.39, 0.29) is 5.54 Å². The van der Waals surface area contributed by atoms with Crippen LogP contribution in [0.5, 0.6) is 0 Å². The van der Waals surface area contributed by atoms with Crippen molar-refractivity contribution in [3.63, 3.8) is 0 Å². The molecular formula is C9H20N2. The fraction of sp³-hybridized carbons (Fsp3) is 1.00. The average Bonchev–Trinajstić information content (AvgIpc) is 1.85. The summed E-state index contributed by atoms with van der Waals surface area (Å²) in [6.45, 7) is 9.00. The van der Waals surface area contributed by atoms with Crippen LogP contribution >= 0.6 is 0 Å². The SMILES string of the molecule is CC(C)(C)N[C@@H]1CCCNC1. The van der Waals surface area contributed by atoms with Gasteiger partial charge in [-0.05, 0) is 40.2 Å². The highest BCUT2D eigenvalue weighted by molar-refractivity contribution is 4.81. The molecule has 1 fully saturated rings. The van der Waals surface area contributed by atoms with Gasteiger partial charge in [0, 0.05) is 18.1 Å². The van der Waals surface area contributed by atoms with Gasteiger partial charge in [0.25, 0.3) is 0 Å². The smallest absolute Gasteiger partial charge is 0.0197 e. The van der Waals surface area contributed by atoms with Crippen molar-refractivity contribution in [3.05, 3.63) is 0 Å². The molecular weight excluding hydrogens is 136 g/mol. The van der Waals surface area contributed by atoms with Crippen molar-refractivity contribution in [3.8, 4) is 0 Å². The monoisotopic (exact) mass is 156 g/mol. The van der Waals surface area contributed by atoms with E-state index < -0.39 is 0 Å². The van der Waals surface area contributed by atoms with Crippen LogP contribution in [0, 0.1) is 0 Å². The third-order valence-electron chi connectivity index (χ3n) is 1.93. The Labute approximate surface area is 69.8 Å². The molecule has 0 unspecified atom stereocenters. The highest BCUT2D eigenvalue weighted by Gasteiger charge is 2.18. The van der Waals surface area contributed by atoms with Gasteiger partial charge in [-0.3, -0.25) is 0 Å². The number of nitrogens with one attached hydrogen (secondary N) is 2. The summed E-state index contributed by atoms with van der Waals surface area (Å²) in [5, 5.41) is 6.99. The van der Waals surface area contributed by atoms with E-state index in [0.717, 1.165) is 6.54 Å². The zero-order chi connectivity index (χ0) is 8.32. The Bertz CT molecular complexity index is 109. The van der Waals surface area contributed by atoms with Crippen molar-refractivity contribution in [2.45, 2.75) is 45.2 Å². The second-order valence-electron chi connectivity index (χ2n) is 4.44. The van der Waals surface area contributed by atoms with E-state index in [0.29, 0.717) is 6.04 Å². The summed E-state index contributed by atoms with van der Waals surface area (Å²) in [5.41, 5.74) is 0.268. The lowest BCUT2D eigenvalue weighted by atomic mass is 10.0. The highest BCUT2D eigenvalue weighted by Crippen LogP contribution is 2.07. The van der Waals surface area contributed by atoms with Gasteiger partial charge in [0.2, 0.25) is 0 Å². The normalized spacial score (nSPS) is 27.0. The molecule has 0 bridgehead atoms. The molecule has 0 aromatic carbocycles. The standard InChI is InChI=1S/C9H20N2/c1-9(2,3)11-8-5-4-6-10-7-8/h8,10-11H,4-7H2,1-3H3/t8-/m1/s1. The van der Waals surface area contributed by atoms with Gasteiger partial charge in [-0.1, -0.05) is 0 Å². The van der Waals surface area contributed by atoms with Crippen LogP contribution in [0.2, 0.25) is 0 Å². The van der Waals surface area contributed by atoms with E-state index in [1.54, 1.807) is 0 Å². The fourth-order valence-corrected chi connectivity index (χ4v) is 1.59. The summed E-state index contributed by atoms with van der Waals surface area (Å²) in [4.78, 5) is 0. The van der Waals surface area contributed by atoms with Crippen molar-refractivity contribution in [2.75, 3.05) is 13.1 Å². The zero-order valence-electron chi connectivity index (χ0n) is 7.91. The first-order valence-electron chi connectivity index (χ1n) is 4.56. The molecule has 0 aromatic heterocycles. The second kappa shape index (κ2) is 3.55. The predicted octanol–water partition coefficient (Wildman–Crippen LogP) is 1.13. The fourth-order valence-electron chi connectivity index (χ4n) is 1.59. The number of hydrogen-bond donors (Lipinski definition) is 2. The van der Waals surface area contributed by atoms with Gasteiger partial charge >= 0.3 is 0 Å². The molecule has 0 saturated carbocycles.